The van der Waals surface area contributed by atoms with Gasteiger partial charge in [0.1, 0.15) is 17.0 Å². The molecular formula is C25H29N7OS. The Morgan fingerprint density at radius 2 is 2.00 bits per heavy atom. The molecule has 3 aromatic heterocycles. The summed E-state index contributed by atoms with van der Waals surface area (Å²) in [5.41, 5.74) is 2.67. The van der Waals surface area contributed by atoms with E-state index in [4.69, 9.17) is 0 Å². The van der Waals surface area contributed by atoms with Crippen LogP contribution >= 0.6 is 11.3 Å². The van der Waals surface area contributed by atoms with E-state index in [1.165, 1.54) is 5.56 Å². The van der Waals surface area contributed by atoms with E-state index in [2.05, 4.69) is 56.4 Å². The molecule has 1 amide bonds. The van der Waals surface area contributed by atoms with Crippen molar-refractivity contribution in [2.24, 2.45) is 0 Å². The Labute approximate surface area is 203 Å². The van der Waals surface area contributed by atoms with Crippen LogP contribution in [0, 0.1) is 0 Å². The van der Waals surface area contributed by atoms with E-state index in [-0.39, 0.29) is 11.8 Å². The number of benzene rings is 1. The molecule has 5 rings (SSSR count). The summed E-state index contributed by atoms with van der Waals surface area (Å²) in [6.07, 6.45) is 2.01. The molecule has 0 bridgehead atoms. The zero-order valence-electron chi connectivity index (χ0n) is 19.9. The summed E-state index contributed by atoms with van der Waals surface area (Å²) in [5.74, 6) is 1.69. The van der Waals surface area contributed by atoms with E-state index in [0.29, 0.717) is 18.8 Å². The average Bonchev–Trinajstić information content (AvgIpc) is 3.50. The standard InChI is InChI=1S/C25H29N7OS/c1-25(2)21-19(23(30-29-21)28-22-18-10-11-34-24(18)27-15-26-22)14-32(25)20(33)12-17(13-31(3)4)16-8-6-5-7-9-16/h5-11,15,17H,12-14H2,1-4H3,(H2,26,27,28,29,30)/t17-/m1/s1. The molecule has 9 heteroatoms. The molecule has 4 aromatic rings. The van der Waals surface area contributed by atoms with Gasteiger partial charge in [0, 0.05) is 24.4 Å². The number of nitrogens with one attached hydrogen (secondary N) is 2. The number of carbonyl (C=O) groups is 1. The van der Waals surface area contributed by atoms with Gasteiger partial charge in [0.05, 0.1) is 23.2 Å². The first-order valence-corrected chi connectivity index (χ1v) is 12.3. The Morgan fingerprint density at radius 3 is 2.76 bits per heavy atom. The van der Waals surface area contributed by atoms with Crippen LogP contribution in [0.2, 0.25) is 0 Å². The van der Waals surface area contributed by atoms with Gasteiger partial charge in [0.25, 0.3) is 0 Å². The fourth-order valence-corrected chi connectivity index (χ4v) is 5.53. The van der Waals surface area contributed by atoms with Crippen molar-refractivity contribution in [1.29, 1.82) is 0 Å². The maximum atomic E-state index is 13.6. The molecule has 4 heterocycles. The Balaban J connectivity index is 1.38. The van der Waals surface area contributed by atoms with Crippen molar-refractivity contribution in [2.75, 3.05) is 26.0 Å². The van der Waals surface area contributed by atoms with E-state index in [9.17, 15) is 4.79 Å². The van der Waals surface area contributed by atoms with E-state index in [1.54, 1.807) is 17.7 Å². The molecule has 0 spiro atoms. The second-order valence-electron chi connectivity index (χ2n) is 9.53. The van der Waals surface area contributed by atoms with Crippen molar-refractivity contribution in [3.05, 3.63) is 64.9 Å². The lowest BCUT2D eigenvalue weighted by Gasteiger charge is -2.33. The summed E-state index contributed by atoms with van der Waals surface area (Å²) in [4.78, 5) is 27.4. The molecule has 0 fully saturated rings. The summed E-state index contributed by atoms with van der Waals surface area (Å²) in [6, 6.07) is 12.3. The van der Waals surface area contributed by atoms with Crippen LogP contribution < -0.4 is 5.32 Å². The number of carbonyl (C=O) groups excluding carboxylic acids is 1. The predicted octanol–water partition coefficient (Wildman–Crippen LogP) is 4.47. The normalized spacial score (nSPS) is 15.6. The molecule has 1 atom stereocenters. The number of anilines is 2. The van der Waals surface area contributed by atoms with Crippen molar-refractivity contribution in [1.82, 2.24) is 30.0 Å². The molecule has 1 aliphatic rings. The molecule has 1 aliphatic heterocycles. The van der Waals surface area contributed by atoms with Gasteiger partial charge in [-0.2, -0.15) is 5.10 Å². The highest BCUT2D eigenvalue weighted by atomic mass is 32.1. The minimum absolute atomic E-state index is 0.127. The highest BCUT2D eigenvalue weighted by molar-refractivity contribution is 7.16. The number of nitrogens with zero attached hydrogens (tertiary/aromatic N) is 5. The van der Waals surface area contributed by atoms with Gasteiger partial charge < -0.3 is 15.1 Å². The molecular weight excluding hydrogens is 446 g/mol. The van der Waals surface area contributed by atoms with Crippen LogP contribution in [0.15, 0.2) is 48.1 Å². The lowest BCUT2D eigenvalue weighted by Crippen LogP contribution is -2.41. The van der Waals surface area contributed by atoms with Crippen molar-refractivity contribution >= 4 is 39.1 Å². The van der Waals surface area contributed by atoms with Crippen LogP contribution in [0.25, 0.3) is 10.2 Å². The molecule has 0 saturated heterocycles. The minimum atomic E-state index is -0.484. The van der Waals surface area contributed by atoms with E-state index in [1.807, 2.05) is 48.6 Å². The maximum Gasteiger partial charge on any atom is 0.224 e. The Hall–Kier alpha value is -3.30. The van der Waals surface area contributed by atoms with Crippen molar-refractivity contribution in [3.63, 3.8) is 0 Å². The van der Waals surface area contributed by atoms with Gasteiger partial charge in [-0.1, -0.05) is 30.3 Å². The van der Waals surface area contributed by atoms with E-state index in [0.717, 1.165) is 33.8 Å². The first-order chi connectivity index (χ1) is 16.3. The van der Waals surface area contributed by atoms with Crippen LogP contribution in [0.5, 0.6) is 0 Å². The van der Waals surface area contributed by atoms with Crippen molar-refractivity contribution in [3.8, 4) is 0 Å². The number of aromatic amines is 1. The van der Waals surface area contributed by atoms with Gasteiger partial charge in [-0.25, -0.2) is 9.97 Å². The second-order valence-corrected chi connectivity index (χ2v) is 10.4. The summed E-state index contributed by atoms with van der Waals surface area (Å²) < 4.78 is 0. The zero-order valence-corrected chi connectivity index (χ0v) is 20.7. The molecule has 0 aliphatic carbocycles. The van der Waals surface area contributed by atoms with Gasteiger partial charge in [-0.05, 0) is 45.0 Å². The number of thiophene rings is 1. The lowest BCUT2D eigenvalue weighted by molar-refractivity contribution is -0.137. The van der Waals surface area contributed by atoms with Crippen LogP contribution in [0.1, 0.15) is 43.0 Å². The highest BCUT2D eigenvalue weighted by Gasteiger charge is 2.44. The summed E-state index contributed by atoms with van der Waals surface area (Å²) >= 11 is 1.58. The first kappa shape index (κ1) is 22.5. The van der Waals surface area contributed by atoms with Gasteiger partial charge in [0.2, 0.25) is 5.91 Å². The smallest absolute Gasteiger partial charge is 0.224 e. The Kier molecular flexibility index (Phi) is 5.83. The number of aromatic nitrogens is 4. The average molecular weight is 476 g/mol. The fraction of sp³-hybridized carbons (Fsp3) is 0.360. The SMILES string of the molecule is CN(C)C[C@@H](CC(=O)N1Cc2c(Nc3ncnc4sccc34)n[nH]c2C1(C)C)c1ccccc1. The molecule has 8 nitrogen and oxygen atoms in total. The van der Waals surface area contributed by atoms with Gasteiger partial charge in [-0.15, -0.1) is 11.3 Å². The summed E-state index contributed by atoms with van der Waals surface area (Å²) in [5, 5.41) is 14.0. The topological polar surface area (TPSA) is 90.0 Å². The molecule has 0 saturated carbocycles. The number of hydrogen-bond acceptors (Lipinski definition) is 7. The lowest BCUT2D eigenvalue weighted by atomic mass is 9.93. The molecule has 1 aromatic carbocycles. The quantitative estimate of drug-likeness (QED) is 0.410. The third-order valence-corrected chi connectivity index (χ3v) is 7.37. The van der Waals surface area contributed by atoms with Crippen molar-refractivity contribution in [2.45, 2.75) is 38.3 Å². The van der Waals surface area contributed by atoms with Gasteiger partial charge >= 0.3 is 0 Å². The molecule has 2 N–H and O–H groups in total. The van der Waals surface area contributed by atoms with E-state index >= 15 is 0 Å². The van der Waals surface area contributed by atoms with Gasteiger partial charge in [0.15, 0.2) is 5.82 Å². The van der Waals surface area contributed by atoms with Crippen molar-refractivity contribution < 1.29 is 4.79 Å². The molecule has 0 radical (unpaired) electrons. The third-order valence-electron chi connectivity index (χ3n) is 6.55. The van der Waals surface area contributed by atoms with Crippen LogP contribution in [0.4, 0.5) is 11.6 Å². The van der Waals surface area contributed by atoms with Crippen LogP contribution in [-0.2, 0) is 16.9 Å². The zero-order chi connectivity index (χ0) is 23.9. The number of likely N-dealkylation sites (N-methyl/N-ethyl adjacent to an activating group) is 1. The largest absolute Gasteiger partial charge is 0.327 e. The first-order valence-electron chi connectivity index (χ1n) is 11.4. The molecule has 176 valence electrons. The van der Waals surface area contributed by atoms with E-state index < -0.39 is 5.54 Å². The van der Waals surface area contributed by atoms with Gasteiger partial charge in [-0.3, -0.25) is 9.89 Å². The Bertz CT molecular complexity index is 1310. The predicted molar refractivity (Wildman–Crippen MR) is 135 cm³/mol. The second kappa shape index (κ2) is 8.81. The monoisotopic (exact) mass is 475 g/mol. The Morgan fingerprint density at radius 1 is 1.21 bits per heavy atom. The van der Waals surface area contributed by atoms with Crippen LogP contribution in [0.3, 0.4) is 0 Å². The third kappa shape index (κ3) is 4.05. The minimum Gasteiger partial charge on any atom is -0.327 e. The summed E-state index contributed by atoms with van der Waals surface area (Å²) in [6.45, 7) is 5.46. The number of rotatable bonds is 7. The number of H-pyrrole nitrogens is 1. The molecule has 34 heavy (non-hydrogen) atoms. The molecule has 0 unspecified atom stereocenters. The summed E-state index contributed by atoms with van der Waals surface area (Å²) in [7, 11) is 4.10. The number of amides is 1. The number of fused-ring (bicyclic) bond motifs is 2. The van der Waals surface area contributed by atoms with Crippen LogP contribution in [-0.4, -0.2) is 56.5 Å². The fourth-order valence-electron chi connectivity index (χ4n) is 4.80. The highest BCUT2D eigenvalue weighted by Crippen LogP contribution is 2.42. The maximum absolute atomic E-state index is 13.6. The number of hydrogen-bond donors (Lipinski definition) is 2.